The number of piperidine rings is 1. The van der Waals surface area contributed by atoms with Crippen molar-refractivity contribution in [3.8, 4) is 0 Å². The Balaban J connectivity index is 1.96. The van der Waals surface area contributed by atoms with Gasteiger partial charge in [0.15, 0.2) is 5.76 Å². The molecule has 0 aromatic carbocycles. The van der Waals surface area contributed by atoms with Gasteiger partial charge in [0.25, 0.3) is 5.91 Å². The van der Waals surface area contributed by atoms with Gasteiger partial charge in [-0.2, -0.15) is 0 Å². The smallest absolute Gasteiger partial charge is 0.309 e. The summed E-state index contributed by atoms with van der Waals surface area (Å²) in [6.45, 7) is 4.01. The number of amides is 2. The molecule has 1 aliphatic heterocycles. The molecule has 1 atom stereocenters. The van der Waals surface area contributed by atoms with Crippen LogP contribution in [0.15, 0.2) is 22.8 Å². The summed E-state index contributed by atoms with van der Waals surface area (Å²) in [5.74, 6) is -1.20. The van der Waals surface area contributed by atoms with Crippen LogP contribution in [0.4, 0.5) is 0 Å². The number of carbonyl (C=O) groups excluding carboxylic acids is 2. The molecule has 0 saturated carbocycles. The summed E-state index contributed by atoms with van der Waals surface area (Å²) in [5, 5.41) is 11.9. The predicted octanol–water partition coefficient (Wildman–Crippen LogP) is 1.89. The molecule has 0 aliphatic carbocycles. The van der Waals surface area contributed by atoms with Crippen molar-refractivity contribution in [2.75, 3.05) is 13.1 Å². The molecule has 2 heterocycles. The minimum atomic E-state index is -0.899. The number of nitrogens with zero attached hydrogens (tertiary/aromatic N) is 1. The molecular weight excluding hydrogens is 312 g/mol. The van der Waals surface area contributed by atoms with Crippen LogP contribution in [0.25, 0.3) is 0 Å². The Kier molecular flexibility index (Phi) is 5.64. The third-order valence-electron chi connectivity index (χ3n) is 4.43. The van der Waals surface area contributed by atoms with E-state index in [2.05, 4.69) is 5.32 Å². The number of likely N-dealkylation sites (tertiary alicyclic amines) is 1. The van der Waals surface area contributed by atoms with Crippen molar-refractivity contribution in [1.29, 1.82) is 0 Å². The van der Waals surface area contributed by atoms with E-state index in [1.54, 1.807) is 30.9 Å². The number of hydrogen-bond donors (Lipinski definition) is 2. The minimum absolute atomic E-state index is 0.224. The Morgan fingerprint density at radius 3 is 2.75 bits per heavy atom. The zero-order valence-corrected chi connectivity index (χ0v) is 14.1. The van der Waals surface area contributed by atoms with E-state index in [1.165, 1.54) is 6.26 Å². The summed E-state index contributed by atoms with van der Waals surface area (Å²) >= 11 is 0. The molecule has 2 amide bonds. The van der Waals surface area contributed by atoms with Crippen molar-refractivity contribution in [3.63, 3.8) is 0 Å². The average Bonchev–Trinajstić information content (AvgIpc) is 3.08. The van der Waals surface area contributed by atoms with Gasteiger partial charge >= 0.3 is 5.97 Å². The molecule has 24 heavy (non-hydrogen) atoms. The second-order valence-electron chi connectivity index (χ2n) is 6.72. The fraction of sp³-hybridized carbons (Fsp3) is 0.588. The maximum Gasteiger partial charge on any atom is 0.309 e. The molecule has 7 heteroatoms. The van der Waals surface area contributed by atoms with Crippen molar-refractivity contribution in [2.45, 2.75) is 45.6 Å². The van der Waals surface area contributed by atoms with Crippen LogP contribution in [0.1, 0.15) is 50.1 Å². The number of carboxylic acids is 1. The number of carbonyl (C=O) groups is 3. The Hall–Kier alpha value is -2.31. The molecule has 7 nitrogen and oxygen atoms in total. The van der Waals surface area contributed by atoms with Crippen LogP contribution in [0.5, 0.6) is 0 Å². The van der Waals surface area contributed by atoms with Gasteiger partial charge in [-0.05, 0) is 51.7 Å². The highest BCUT2D eigenvalue weighted by Gasteiger charge is 2.34. The number of aliphatic carboxylic acids is 1. The van der Waals surface area contributed by atoms with E-state index in [0.29, 0.717) is 19.4 Å². The second kappa shape index (κ2) is 7.51. The maximum absolute atomic E-state index is 12.5. The van der Waals surface area contributed by atoms with E-state index in [1.807, 2.05) is 0 Å². The van der Waals surface area contributed by atoms with E-state index in [4.69, 9.17) is 9.52 Å². The Labute approximate surface area is 141 Å². The molecule has 2 rings (SSSR count). The highest BCUT2D eigenvalue weighted by atomic mass is 16.4. The predicted molar refractivity (Wildman–Crippen MR) is 86.4 cm³/mol. The lowest BCUT2D eigenvalue weighted by molar-refractivity contribution is -0.147. The molecule has 1 unspecified atom stereocenters. The standard InChI is InChI=1S/C17H24N2O5/c1-17(2,16(22)23)8-9-18-14(20)12-6-3-4-10-19(12)15(21)13-7-5-11-24-13/h5,7,11-12H,3-4,6,8-10H2,1-2H3,(H,18,20)(H,22,23). The fourth-order valence-corrected chi connectivity index (χ4v) is 2.71. The first-order chi connectivity index (χ1) is 11.3. The first-order valence-electron chi connectivity index (χ1n) is 8.18. The van der Waals surface area contributed by atoms with Gasteiger partial charge in [0.1, 0.15) is 6.04 Å². The van der Waals surface area contributed by atoms with Crippen molar-refractivity contribution in [3.05, 3.63) is 24.2 Å². The van der Waals surface area contributed by atoms with Gasteiger partial charge in [0.05, 0.1) is 11.7 Å². The van der Waals surface area contributed by atoms with Crippen LogP contribution in [-0.4, -0.2) is 46.9 Å². The molecule has 2 N–H and O–H groups in total. The zero-order chi connectivity index (χ0) is 17.7. The van der Waals surface area contributed by atoms with Crippen LogP contribution in [0, 0.1) is 5.41 Å². The Bertz CT molecular complexity index is 594. The van der Waals surface area contributed by atoms with E-state index in [0.717, 1.165) is 12.8 Å². The summed E-state index contributed by atoms with van der Waals surface area (Å²) in [4.78, 5) is 37.6. The van der Waals surface area contributed by atoms with Crippen molar-refractivity contribution in [2.24, 2.45) is 5.41 Å². The third-order valence-corrected chi connectivity index (χ3v) is 4.43. The van der Waals surface area contributed by atoms with Crippen molar-refractivity contribution >= 4 is 17.8 Å². The molecule has 0 bridgehead atoms. The molecule has 1 fully saturated rings. The van der Waals surface area contributed by atoms with Crippen molar-refractivity contribution < 1.29 is 23.9 Å². The summed E-state index contributed by atoms with van der Waals surface area (Å²) in [6.07, 6.45) is 4.08. The van der Waals surface area contributed by atoms with E-state index >= 15 is 0 Å². The number of nitrogens with one attached hydrogen (secondary N) is 1. The van der Waals surface area contributed by atoms with Gasteiger partial charge in [0, 0.05) is 13.1 Å². The van der Waals surface area contributed by atoms with Crippen LogP contribution in [-0.2, 0) is 9.59 Å². The Morgan fingerprint density at radius 1 is 1.38 bits per heavy atom. The van der Waals surface area contributed by atoms with Gasteiger partial charge in [-0.15, -0.1) is 0 Å². The quantitative estimate of drug-likeness (QED) is 0.826. The third kappa shape index (κ3) is 4.15. The summed E-state index contributed by atoms with van der Waals surface area (Å²) in [5.41, 5.74) is -0.899. The molecule has 1 aromatic rings. The van der Waals surface area contributed by atoms with Crippen LogP contribution in [0.2, 0.25) is 0 Å². The van der Waals surface area contributed by atoms with Gasteiger partial charge in [0.2, 0.25) is 5.91 Å². The zero-order valence-electron chi connectivity index (χ0n) is 14.1. The topological polar surface area (TPSA) is 99.9 Å². The highest BCUT2D eigenvalue weighted by Crippen LogP contribution is 2.22. The van der Waals surface area contributed by atoms with Gasteiger partial charge in [-0.25, -0.2) is 0 Å². The van der Waals surface area contributed by atoms with Crippen LogP contribution < -0.4 is 5.32 Å². The number of furan rings is 1. The lowest BCUT2D eigenvalue weighted by Crippen LogP contribution is -2.52. The molecule has 1 aromatic heterocycles. The number of hydrogen-bond acceptors (Lipinski definition) is 4. The first-order valence-corrected chi connectivity index (χ1v) is 8.18. The van der Waals surface area contributed by atoms with E-state index < -0.39 is 17.4 Å². The van der Waals surface area contributed by atoms with Crippen LogP contribution >= 0.6 is 0 Å². The molecule has 1 aliphatic rings. The summed E-state index contributed by atoms with van der Waals surface area (Å²) in [7, 11) is 0. The molecular formula is C17H24N2O5. The molecule has 0 radical (unpaired) electrons. The van der Waals surface area contributed by atoms with Crippen molar-refractivity contribution in [1.82, 2.24) is 10.2 Å². The van der Waals surface area contributed by atoms with Gasteiger partial charge in [-0.3, -0.25) is 14.4 Å². The highest BCUT2D eigenvalue weighted by molar-refractivity contribution is 5.95. The lowest BCUT2D eigenvalue weighted by atomic mass is 9.89. The maximum atomic E-state index is 12.5. The van der Waals surface area contributed by atoms with E-state index in [9.17, 15) is 14.4 Å². The molecule has 1 saturated heterocycles. The normalized spacial score (nSPS) is 18.2. The fourth-order valence-electron chi connectivity index (χ4n) is 2.71. The number of rotatable bonds is 6. The summed E-state index contributed by atoms with van der Waals surface area (Å²) < 4.78 is 5.14. The monoisotopic (exact) mass is 336 g/mol. The first kappa shape index (κ1) is 18.0. The summed E-state index contributed by atoms with van der Waals surface area (Å²) in [6, 6.07) is 2.69. The second-order valence-corrected chi connectivity index (χ2v) is 6.72. The van der Waals surface area contributed by atoms with Gasteiger partial charge in [-0.1, -0.05) is 0 Å². The van der Waals surface area contributed by atoms with Crippen LogP contribution in [0.3, 0.4) is 0 Å². The SMILES string of the molecule is CC(C)(CCNC(=O)C1CCCCN1C(=O)c1ccco1)C(=O)O. The number of carboxylic acid groups (broad SMARTS) is 1. The van der Waals surface area contributed by atoms with Gasteiger partial charge < -0.3 is 19.7 Å². The Morgan fingerprint density at radius 2 is 2.12 bits per heavy atom. The molecule has 132 valence electrons. The average molecular weight is 336 g/mol. The lowest BCUT2D eigenvalue weighted by Gasteiger charge is -2.34. The minimum Gasteiger partial charge on any atom is -0.481 e. The molecule has 0 spiro atoms. The van der Waals surface area contributed by atoms with E-state index in [-0.39, 0.29) is 24.1 Å². The largest absolute Gasteiger partial charge is 0.481 e.